The van der Waals surface area contributed by atoms with Crippen molar-refractivity contribution >= 4 is 17.5 Å². The standard InChI is InChI=1S/C15H13ClN2O4/c16-11-3-1-10(2-4-11)8-17-13-7-12(18(20)21)5-6-14(13)22-9-15(17)19/h1-7,13-14H,8-9H2. The first kappa shape index (κ1) is 14.7. The van der Waals surface area contributed by atoms with Gasteiger partial charge in [-0.05, 0) is 23.8 Å². The van der Waals surface area contributed by atoms with Gasteiger partial charge in [0.25, 0.3) is 5.70 Å². The van der Waals surface area contributed by atoms with Crippen molar-refractivity contribution in [2.75, 3.05) is 6.61 Å². The molecule has 1 amide bonds. The minimum Gasteiger partial charge on any atom is -0.362 e. The monoisotopic (exact) mass is 320 g/mol. The van der Waals surface area contributed by atoms with Crippen LogP contribution in [0.25, 0.3) is 0 Å². The number of nitrogens with zero attached hydrogens (tertiary/aromatic N) is 2. The van der Waals surface area contributed by atoms with Crippen LogP contribution in [0.4, 0.5) is 0 Å². The largest absolute Gasteiger partial charge is 0.362 e. The Hall–Kier alpha value is -2.18. The smallest absolute Gasteiger partial charge is 0.267 e. The van der Waals surface area contributed by atoms with Gasteiger partial charge in [0.1, 0.15) is 12.7 Å². The highest BCUT2D eigenvalue weighted by atomic mass is 35.5. The molecule has 1 aliphatic heterocycles. The van der Waals surface area contributed by atoms with Crippen LogP contribution in [-0.2, 0) is 16.1 Å². The lowest BCUT2D eigenvalue weighted by Gasteiger charge is -2.39. The van der Waals surface area contributed by atoms with Gasteiger partial charge in [0.15, 0.2) is 0 Å². The van der Waals surface area contributed by atoms with Crippen LogP contribution in [0.3, 0.4) is 0 Å². The Morgan fingerprint density at radius 1 is 1.36 bits per heavy atom. The molecule has 0 aromatic heterocycles. The predicted octanol–water partition coefficient (Wildman–Crippen LogP) is 2.17. The number of halogens is 1. The van der Waals surface area contributed by atoms with Crippen molar-refractivity contribution in [3.8, 4) is 0 Å². The van der Waals surface area contributed by atoms with E-state index in [4.69, 9.17) is 16.3 Å². The highest BCUT2D eigenvalue weighted by Crippen LogP contribution is 2.25. The van der Waals surface area contributed by atoms with Crippen LogP contribution in [-0.4, -0.2) is 34.5 Å². The number of ether oxygens (including phenoxy) is 1. The molecule has 2 aliphatic rings. The predicted molar refractivity (Wildman–Crippen MR) is 79.7 cm³/mol. The Morgan fingerprint density at radius 3 is 2.77 bits per heavy atom. The summed E-state index contributed by atoms with van der Waals surface area (Å²) in [6.07, 6.45) is 4.16. The summed E-state index contributed by atoms with van der Waals surface area (Å²) < 4.78 is 5.44. The topological polar surface area (TPSA) is 72.7 Å². The van der Waals surface area contributed by atoms with Gasteiger partial charge in [0.05, 0.1) is 11.0 Å². The number of nitro groups is 1. The molecule has 2 atom stereocenters. The Kier molecular flexibility index (Phi) is 3.96. The maximum absolute atomic E-state index is 12.1. The van der Waals surface area contributed by atoms with Gasteiger partial charge in [-0.25, -0.2) is 0 Å². The zero-order valence-corrected chi connectivity index (χ0v) is 12.3. The summed E-state index contributed by atoms with van der Waals surface area (Å²) >= 11 is 5.85. The van der Waals surface area contributed by atoms with Crippen molar-refractivity contribution in [2.45, 2.75) is 18.7 Å². The number of benzene rings is 1. The third kappa shape index (κ3) is 2.88. The molecule has 1 heterocycles. The third-order valence-electron chi connectivity index (χ3n) is 3.69. The molecule has 1 fully saturated rings. The summed E-state index contributed by atoms with van der Waals surface area (Å²) in [6.45, 7) is 0.330. The van der Waals surface area contributed by atoms with Gasteiger partial charge < -0.3 is 9.64 Å². The van der Waals surface area contributed by atoms with Gasteiger partial charge in [-0.3, -0.25) is 14.9 Å². The number of rotatable bonds is 3. The van der Waals surface area contributed by atoms with Crippen molar-refractivity contribution in [1.82, 2.24) is 4.90 Å². The summed E-state index contributed by atoms with van der Waals surface area (Å²) in [4.78, 5) is 24.2. The Balaban J connectivity index is 1.86. The molecule has 1 aromatic rings. The molecule has 0 spiro atoms. The summed E-state index contributed by atoms with van der Waals surface area (Å²) in [7, 11) is 0. The number of carbonyl (C=O) groups excluding carboxylic acids is 1. The lowest BCUT2D eigenvalue weighted by Crippen LogP contribution is -2.53. The fourth-order valence-corrected chi connectivity index (χ4v) is 2.70. The molecule has 22 heavy (non-hydrogen) atoms. The first-order chi connectivity index (χ1) is 10.5. The summed E-state index contributed by atoms with van der Waals surface area (Å²) in [5, 5.41) is 11.6. The Labute approximate surface area is 131 Å². The first-order valence-electron chi connectivity index (χ1n) is 6.74. The van der Waals surface area contributed by atoms with Crippen molar-refractivity contribution in [3.05, 3.63) is 68.9 Å². The van der Waals surface area contributed by atoms with Crippen LogP contribution in [0.5, 0.6) is 0 Å². The van der Waals surface area contributed by atoms with Gasteiger partial charge in [0.2, 0.25) is 5.91 Å². The molecular weight excluding hydrogens is 308 g/mol. The molecule has 6 nitrogen and oxygen atoms in total. The molecule has 2 unspecified atom stereocenters. The van der Waals surface area contributed by atoms with E-state index in [2.05, 4.69) is 0 Å². The van der Waals surface area contributed by atoms with Gasteiger partial charge in [0, 0.05) is 23.7 Å². The van der Waals surface area contributed by atoms with Gasteiger partial charge in [-0.15, -0.1) is 0 Å². The van der Waals surface area contributed by atoms with E-state index in [1.807, 2.05) is 12.1 Å². The van der Waals surface area contributed by atoms with E-state index in [-0.39, 0.29) is 24.3 Å². The number of fused-ring (bicyclic) bond motifs is 1. The van der Waals surface area contributed by atoms with E-state index in [1.165, 1.54) is 12.2 Å². The Bertz CT molecular complexity index is 669. The van der Waals surface area contributed by atoms with Crippen LogP contribution in [0.15, 0.2) is 48.2 Å². The van der Waals surface area contributed by atoms with E-state index in [0.29, 0.717) is 11.6 Å². The molecule has 1 aromatic carbocycles. The number of hydrogen-bond donors (Lipinski definition) is 0. The zero-order chi connectivity index (χ0) is 15.7. The lowest BCUT2D eigenvalue weighted by atomic mass is 9.99. The zero-order valence-electron chi connectivity index (χ0n) is 11.5. The minimum absolute atomic E-state index is 0.0270. The van der Waals surface area contributed by atoms with E-state index in [0.717, 1.165) is 5.56 Å². The summed E-state index contributed by atoms with van der Waals surface area (Å²) in [5.74, 6) is -0.189. The summed E-state index contributed by atoms with van der Waals surface area (Å²) in [6, 6.07) is 6.69. The number of amides is 1. The normalized spacial score (nSPS) is 24.0. The molecule has 0 radical (unpaired) electrons. The third-order valence-corrected chi connectivity index (χ3v) is 3.94. The van der Waals surface area contributed by atoms with Crippen molar-refractivity contribution in [1.29, 1.82) is 0 Å². The van der Waals surface area contributed by atoms with Crippen LogP contribution >= 0.6 is 11.6 Å². The van der Waals surface area contributed by atoms with Crippen LogP contribution in [0.1, 0.15) is 5.56 Å². The lowest BCUT2D eigenvalue weighted by molar-refractivity contribution is -0.420. The highest BCUT2D eigenvalue weighted by Gasteiger charge is 2.37. The molecule has 0 bridgehead atoms. The van der Waals surface area contributed by atoms with Crippen molar-refractivity contribution in [3.63, 3.8) is 0 Å². The van der Waals surface area contributed by atoms with Gasteiger partial charge in [-0.1, -0.05) is 23.7 Å². The maximum atomic E-state index is 12.1. The molecule has 7 heteroatoms. The molecule has 1 aliphatic carbocycles. The minimum atomic E-state index is -0.470. The highest BCUT2D eigenvalue weighted by molar-refractivity contribution is 6.30. The average Bonchev–Trinajstić information content (AvgIpc) is 2.51. The average molecular weight is 321 g/mol. The molecule has 114 valence electrons. The molecule has 0 N–H and O–H groups in total. The Morgan fingerprint density at radius 2 is 2.09 bits per heavy atom. The molecule has 3 rings (SSSR count). The second kappa shape index (κ2) is 5.90. The molecule has 0 saturated carbocycles. The second-order valence-corrected chi connectivity index (χ2v) is 5.56. The SMILES string of the molecule is O=C1COC2C=CC([N+](=O)[O-])=CC2N1Cc1ccc(Cl)cc1. The maximum Gasteiger partial charge on any atom is 0.267 e. The molecular formula is C15H13ClN2O4. The number of allylic oxidation sites excluding steroid dienone is 1. The number of carbonyl (C=O) groups is 1. The summed E-state index contributed by atoms with van der Waals surface area (Å²) in [5.41, 5.74) is 0.879. The number of hydrogen-bond acceptors (Lipinski definition) is 4. The second-order valence-electron chi connectivity index (χ2n) is 5.12. The van der Waals surface area contributed by atoms with Crippen LogP contribution < -0.4 is 0 Å². The first-order valence-corrected chi connectivity index (χ1v) is 7.12. The van der Waals surface area contributed by atoms with Crippen LogP contribution in [0, 0.1) is 10.1 Å². The van der Waals surface area contributed by atoms with Crippen molar-refractivity contribution < 1.29 is 14.5 Å². The van der Waals surface area contributed by atoms with Crippen molar-refractivity contribution in [2.24, 2.45) is 0 Å². The quantitative estimate of drug-likeness (QED) is 0.632. The fraction of sp³-hybridized carbons (Fsp3) is 0.267. The van der Waals surface area contributed by atoms with Gasteiger partial charge >= 0.3 is 0 Å². The van der Waals surface area contributed by atoms with Gasteiger partial charge in [-0.2, -0.15) is 0 Å². The van der Waals surface area contributed by atoms with Crippen LogP contribution in [0.2, 0.25) is 5.02 Å². The van der Waals surface area contributed by atoms with E-state index < -0.39 is 11.0 Å². The molecule has 1 saturated heterocycles. The fourth-order valence-electron chi connectivity index (χ4n) is 2.57. The van der Waals surface area contributed by atoms with E-state index in [9.17, 15) is 14.9 Å². The number of morpholine rings is 1. The van der Waals surface area contributed by atoms with E-state index in [1.54, 1.807) is 23.1 Å². The van der Waals surface area contributed by atoms with E-state index >= 15 is 0 Å².